The largest absolute Gasteiger partial charge is 0.351 e. The summed E-state index contributed by atoms with van der Waals surface area (Å²) in [5, 5.41) is 11.5. The minimum absolute atomic E-state index is 0.0290. The summed E-state index contributed by atoms with van der Waals surface area (Å²) in [6.07, 6.45) is 3.28. The lowest BCUT2D eigenvalue weighted by molar-refractivity contribution is -0.121. The van der Waals surface area contributed by atoms with Crippen molar-refractivity contribution in [3.8, 4) is 11.1 Å². The monoisotopic (exact) mass is 395 g/mol. The number of benzene rings is 1. The molecule has 3 heterocycles. The molecule has 0 bridgehead atoms. The molecule has 1 aliphatic heterocycles. The Morgan fingerprint density at radius 3 is 2.89 bits per heavy atom. The minimum Gasteiger partial charge on any atom is -0.351 e. The van der Waals surface area contributed by atoms with Crippen LogP contribution < -0.4 is 5.32 Å². The molecule has 3 aromatic rings. The van der Waals surface area contributed by atoms with Crippen LogP contribution in [-0.4, -0.2) is 51.0 Å². The van der Waals surface area contributed by atoms with Gasteiger partial charge in [-0.2, -0.15) is 5.10 Å². The molecule has 1 atom stereocenters. The van der Waals surface area contributed by atoms with Crippen molar-refractivity contribution in [2.24, 2.45) is 0 Å². The fourth-order valence-corrected chi connectivity index (χ4v) is 4.30. The van der Waals surface area contributed by atoms with E-state index in [4.69, 9.17) is 0 Å². The van der Waals surface area contributed by atoms with Crippen molar-refractivity contribution in [2.45, 2.75) is 25.3 Å². The van der Waals surface area contributed by atoms with Gasteiger partial charge >= 0.3 is 0 Å². The normalized spacial score (nSPS) is 16.7. The Morgan fingerprint density at radius 2 is 2.11 bits per heavy atom. The first-order valence-electron chi connectivity index (χ1n) is 9.26. The third-order valence-electron chi connectivity index (χ3n) is 4.78. The molecule has 8 heteroatoms. The Balaban J connectivity index is 1.37. The topological polar surface area (TPSA) is 91.0 Å². The van der Waals surface area contributed by atoms with Gasteiger partial charge in [-0.3, -0.25) is 14.7 Å². The summed E-state index contributed by atoms with van der Waals surface area (Å²) in [7, 11) is 0. The second kappa shape index (κ2) is 8.35. The molecule has 2 amide bonds. The van der Waals surface area contributed by atoms with E-state index >= 15 is 0 Å². The first kappa shape index (κ1) is 18.4. The average molecular weight is 395 g/mol. The quantitative estimate of drug-likeness (QED) is 0.694. The number of carbonyl (C=O) groups excluding carboxylic acids is 2. The van der Waals surface area contributed by atoms with Gasteiger partial charge < -0.3 is 10.2 Å². The number of rotatable bonds is 5. The lowest BCUT2D eigenvalue weighted by atomic mass is 10.0. The molecule has 0 spiro atoms. The second-order valence-corrected chi connectivity index (χ2v) is 7.74. The maximum absolute atomic E-state index is 12.9. The van der Waals surface area contributed by atoms with Gasteiger partial charge in [0.2, 0.25) is 5.91 Å². The summed E-state index contributed by atoms with van der Waals surface area (Å²) in [6, 6.07) is 12.0. The van der Waals surface area contributed by atoms with Crippen LogP contribution in [0.3, 0.4) is 0 Å². The zero-order valence-corrected chi connectivity index (χ0v) is 16.1. The van der Waals surface area contributed by atoms with E-state index in [9.17, 15) is 9.59 Å². The maximum Gasteiger partial charge on any atom is 0.264 e. The lowest BCUT2D eigenvalue weighted by Crippen LogP contribution is -2.49. The molecule has 1 fully saturated rings. The molecule has 7 nitrogen and oxygen atoms in total. The first-order chi connectivity index (χ1) is 13.7. The second-order valence-electron chi connectivity index (χ2n) is 6.83. The zero-order chi connectivity index (χ0) is 19.3. The van der Waals surface area contributed by atoms with Gasteiger partial charge in [-0.1, -0.05) is 30.3 Å². The number of nitrogens with zero attached hydrogens (tertiary/aromatic N) is 3. The summed E-state index contributed by atoms with van der Waals surface area (Å²) in [5.41, 5.74) is 2.16. The van der Waals surface area contributed by atoms with Crippen molar-refractivity contribution < 1.29 is 9.59 Å². The number of carbonyl (C=O) groups is 2. The molecule has 1 aromatic carbocycles. The van der Waals surface area contributed by atoms with Crippen LogP contribution >= 0.6 is 11.3 Å². The molecule has 1 aliphatic rings. The third kappa shape index (κ3) is 4.28. The van der Waals surface area contributed by atoms with E-state index < -0.39 is 0 Å². The molecular formula is C20H21N5O2S. The highest BCUT2D eigenvalue weighted by atomic mass is 32.1. The Hall–Kier alpha value is -3.00. The molecule has 28 heavy (non-hydrogen) atoms. The van der Waals surface area contributed by atoms with E-state index in [1.165, 1.54) is 17.7 Å². The molecule has 2 N–H and O–H groups in total. The Bertz CT molecular complexity index is 939. The molecule has 144 valence electrons. The van der Waals surface area contributed by atoms with Crippen LogP contribution in [-0.2, 0) is 11.2 Å². The van der Waals surface area contributed by atoms with Crippen molar-refractivity contribution in [2.75, 3.05) is 13.1 Å². The molecule has 4 rings (SSSR count). The standard InChI is InChI=1S/C20H21N5O2S/c26-19(10-18-21-13-22-24-18)23-16-7-4-8-25(11-16)20(27)17-9-15(12-28-17)14-5-2-1-3-6-14/h1-3,5-6,9,12-13,16H,4,7-8,10-11H2,(H,23,26)(H,21,22,24)/t16-/m1/s1. The predicted molar refractivity (Wildman–Crippen MR) is 107 cm³/mol. The number of H-pyrrole nitrogens is 1. The average Bonchev–Trinajstić information content (AvgIpc) is 3.40. The molecule has 1 saturated heterocycles. The third-order valence-corrected chi connectivity index (χ3v) is 5.70. The molecule has 2 aromatic heterocycles. The SMILES string of the molecule is O=C(Cc1ncn[nH]1)N[C@@H]1CCCN(C(=O)c2cc(-c3ccccc3)cs2)C1. The lowest BCUT2D eigenvalue weighted by Gasteiger charge is -2.33. The fourth-order valence-electron chi connectivity index (χ4n) is 3.41. The Morgan fingerprint density at radius 1 is 1.25 bits per heavy atom. The van der Waals surface area contributed by atoms with Crippen LogP contribution in [0.5, 0.6) is 0 Å². The van der Waals surface area contributed by atoms with Gasteiger partial charge in [0.1, 0.15) is 12.2 Å². The van der Waals surface area contributed by atoms with Gasteiger partial charge in [-0.15, -0.1) is 11.3 Å². The Labute approximate surface area is 166 Å². The van der Waals surface area contributed by atoms with E-state index in [2.05, 4.69) is 20.5 Å². The summed E-state index contributed by atoms with van der Waals surface area (Å²) in [5.74, 6) is 0.452. The summed E-state index contributed by atoms with van der Waals surface area (Å²) in [4.78, 5) is 31.7. The summed E-state index contributed by atoms with van der Waals surface area (Å²) < 4.78 is 0. The number of hydrogen-bond donors (Lipinski definition) is 2. The van der Waals surface area contributed by atoms with Gasteiger partial charge in [0.25, 0.3) is 5.91 Å². The fraction of sp³-hybridized carbons (Fsp3) is 0.300. The van der Waals surface area contributed by atoms with Crippen molar-refractivity contribution in [3.63, 3.8) is 0 Å². The molecule has 0 aliphatic carbocycles. The van der Waals surface area contributed by atoms with E-state index in [1.807, 2.05) is 46.7 Å². The number of aromatic nitrogens is 3. The number of amides is 2. The van der Waals surface area contributed by atoms with Gasteiger partial charge in [0.15, 0.2) is 0 Å². The maximum atomic E-state index is 12.9. The number of aromatic amines is 1. The van der Waals surface area contributed by atoms with Crippen LogP contribution in [0.4, 0.5) is 0 Å². The highest BCUT2D eigenvalue weighted by molar-refractivity contribution is 7.12. The first-order valence-corrected chi connectivity index (χ1v) is 10.1. The van der Waals surface area contributed by atoms with Crippen LogP contribution in [0.15, 0.2) is 48.1 Å². The predicted octanol–water partition coefficient (Wildman–Crippen LogP) is 2.50. The Kier molecular flexibility index (Phi) is 5.48. The van der Waals surface area contributed by atoms with E-state index in [-0.39, 0.29) is 24.3 Å². The zero-order valence-electron chi connectivity index (χ0n) is 15.3. The summed E-state index contributed by atoms with van der Waals surface area (Å²) in [6.45, 7) is 1.24. The molecular weight excluding hydrogens is 374 g/mol. The number of nitrogens with one attached hydrogen (secondary N) is 2. The van der Waals surface area contributed by atoms with Gasteiger partial charge in [-0.05, 0) is 35.4 Å². The summed E-state index contributed by atoms with van der Waals surface area (Å²) >= 11 is 1.47. The van der Waals surface area contributed by atoms with E-state index in [1.54, 1.807) is 0 Å². The minimum atomic E-state index is -0.112. The highest BCUT2D eigenvalue weighted by Gasteiger charge is 2.26. The van der Waals surface area contributed by atoms with Gasteiger partial charge in [-0.25, -0.2) is 4.98 Å². The van der Waals surface area contributed by atoms with Crippen molar-refractivity contribution in [1.82, 2.24) is 25.4 Å². The number of piperidine rings is 1. The van der Waals surface area contributed by atoms with E-state index in [0.29, 0.717) is 18.9 Å². The van der Waals surface area contributed by atoms with Crippen LogP contribution in [0.1, 0.15) is 28.3 Å². The van der Waals surface area contributed by atoms with Crippen LogP contribution in [0, 0.1) is 0 Å². The van der Waals surface area contributed by atoms with Crippen LogP contribution in [0.2, 0.25) is 0 Å². The number of thiophene rings is 1. The number of hydrogen-bond acceptors (Lipinski definition) is 5. The molecule has 0 saturated carbocycles. The van der Waals surface area contributed by atoms with Crippen molar-refractivity contribution in [3.05, 3.63) is 58.8 Å². The van der Waals surface area contributed by atoms with E-state index in [0.717, 1.165) is 28.8 Å². The van der Waals surface area contributed by atoms with Gasteiger partial charge in [0, 0.05) is 19.1 Å². The van der Waals surface area contributed by atoms with Crippen molar-refractivity contribution in [1.29, 1.82) is 0 Å². The molecule has 0 radical (unpaired) electrons. The number of likely N-dealkylation sites (tertiary alicyclic amines) is 1. The van der Waals surface area contributed by atoms with Crippen LogP contribution in [0.25, 0.3) is 11.1 Å². The smallest absolute Gasteiger partial charge is 0.264 e. The molecule has 0 unspecified atom stereocenters. The van der Waals surface area contributed by atoms with Gasteiger partial charge in [0.05, 0.1) is 11.3 Å². The van der Waals surface area contributed by atoms with Crippen molar-refractivity contribution >= 4 is 23.2 Å². The highest BCUT2D eigenvalue weighted by Crippen LogP contribution is 2.27.